The number of ether oxygens (including phenoxy) is 2. The molecule has 31 heavy (non-hydrogen) atoms. The first-order valence-electron chi connectivity index (χ1n) is 9.96. The van der Waals surface area contributed by atoms with E-state index in [4.69, 9.17) is 9.47 Å². The summed E-state index contributed by atoms with van der Waals surface area (Å²) in [7, 11) is 3.23. The van der Waals surface area contributed by atoms with Crippen LogP contribution in [0.15, 0.2) is 30.3 Å². The molecule has 2 aromatic rings. The lowest BCUT2D eigenvalue weighted by molar-refractivity contribution is -0.119. The van der Waals surface area contributed by atoms with Crippen molar-refractivity contribution in [3.05, 3.63) is 40.8 Å². The predicted octanol–water partition coefficient (Wildman–Crippen LogP) is 3.57. The monoisotopic (exact) mass is 447 g/mol. The minimum atomic E-state index is -0.466. The van der Waals surface area contributed by atoms with Gasteiger partial charge in [0.2, 0.25) is 11.8 Å². The molecule has 0 aliphatic rings. The van der Waals surface area contributed by atoms with E-state index in [-0.39, 0.29) is 37.4 Å². The second kappa shape index (κ2) is 11.5. The smallest absolute Gasteiger partial charge is 0.341 e. The van der Waals surface area contributed by atoms with Gasteiger partial charge in [0.15, 0.2) is 0 Å². The third-order valence-electron chi connectivity index (χ3n) is 4.25. The maximum Gasteiger partial charge on any atom is 0.341 e. The normalized spacial score (nSPS) is 10.8. The second-order valence-electron chi connectivity index (χ2n) is 7.27. The van der Waals surface area contributed by atoms with Gasteiger partial charge in [0.25, 0.3) is 0 Å². The molecule has 0 atom stereocenters. The van der Waals surface area contributed by atoms with Crippen LogP contribution in [-0.2, 0) is 14.3 Å². The molecule has 168 valence electrons. The summed E-state index contributed by atoms with van der Waals surface area (Å²) >= 11 is 1.35. The third kappa shape index (κ3) is 7.37. The zero-order valence-corrected chi connectivity index (χ0v) is 19.3. The summed E-state index contributed by atoms with van der Waals surface area (Å²) in [6, 6.07) is 8.79. The van der Waals surface area contributed by atoms with Gasteiger partial charge in [-0.1, -0.05) is 19.9 Å². The number of carbonyl (C=O) groups excluding carboxylic acids is 3. The van der Waals surface area contributed by atoms with Crippen LogP contribution in [0.1, 0.15) is 41.9 Å². The fourth-order valence-corrected chi connectivity index (χ4v) is 3.83. The molecule has 0 aliphatic heterocycles. The summed E-state index contributed by atoms with van der Waals surface area (Å²) < 4.78 is 10.2. The van der Waals surface area contributed by atoms with Gasteiger partial charge in [0.05, 0.1) is 32.4 Å². The van der Waals surface area contributed by atoms with Crippen LogP contribution in [0.25, 0.3) is 0 Å². The summed E-state index contributed by atoms with van der Waals surface area (Å²) in [6.07, 6.45) is 0. The molecule has 1 heterocycles. The van der Waals surface area contributed by atoms with Crippen molar-refractivity contribution in [3.63, 3.8) is 0 Å². The van der Waals surface area contributed by atoms with Crippen LogP contribution < -0.4 is 15.4 Å². The van der Waals surface area contributed by atoms with E-state index in [1.54, 1.807) is 56.3 Å². The van der Waals surface area contributed by atoms with Crippen LogP contribution in [0, 0.1) is 0 Å². The number of benzene rings is 1. The number of hydrogen-bond acceptors (Lipinski definition) is 7. The molecule has 2 amide bonds. The van der Waals surface area contributed by atoms with Gasteiger partial charge in [0.1, 0.15) is 10.8 Å². The number of thiophene rings is 1. The number of hydrogen-bond donors (Lipinski definition) is 2. The fraction of sp³-hybridized carbons (Fsp3) is 0.409. The van der Waals surface area contributed by atoms with E-state index in [9.17, 15) is 14.4 Å². The molecule has 9 heteroatoms. The highest BCUT2D eigenvalue weighted by Crippen LogP contribution is 2.33. The topological polar surface area (TPSA) is 97.0 Å². The van der Waals surface area contributed by atoms with Crippen LogP contribution in [0.3, 0.4) is 0 Å². The zero-order chi connectivity index (χ0) is 23.0. The van der Waals surface area contributed by atoms with E-state index in [0.29, 0.717) is 22.0 Å². The summed E-state index contributed by atoms with van der Waals surface area (Å²) in [4.78, 5) is 39.6. The molecule has 0 fully saturated rings. The predicted molar refractivity (Wildman–Crippen MR) is 122 cm³/mol. The Hall–Kier alpha value is -2.91. The van der Waals surface area contributed by atoms with Crippen LogP contribution in [-0.4, -0.2) is 56.5 Å². The van der Waals surface area contributed by atoms with Crippen LogP contribution >= 0.6 is 11.3 Å². The minimum Gasteiger partial charge on any atom is -0.497 e. The molecule has 0 spiro atoms. The van der Waals surface area contributed by atoms with Gasteiger partial charge in [0, 0.05) is 16.6 Å². The first kappa shape index (κ1) is 24.4. The van der Waals surface area contributed by atoms with Crippen molar-refractivity contribution in [2.45, 2.75) is 26.7 Å². The van der Waals surface area contributed by atoms with Crippen molar-refractivity contribution in [3.8, 4) is 5.75 Å². The van der Waals surface area contributed by atoms with Crippen molar-refractivity contribution in [1.29, 1.82) is 0 Å². The Balaban J connectivity index is 1.95. The van der Waals surface area contributed by atoms with Crippen molar-refractivity contribution >= 4 is 39.8 Å². The zero-order valence-electron chi connectivity index (χ0n) is 18.5. The number of nitrogens with one attached hydrogen (secondary N) is 2. The molecule has 0 bridgehead atoms. The number of esters is 1. The highest BCUT2D eigenvalue weighted by atomic mass is 32.1. The molecule has 2 N–H and O–H groups in total. The molecule has 2 rings (SSSR count). The molecule has 0 aliphatic carbocycles. The van der Waals surface area contributed by atoms with E-state index in [2.05, 4.69) is 10.6 Å². The molecular weight excluding hydrogens is 418 g/mol. The number of anilines is 2. The van der Waals surface area contributed by atoms with Gasteiger partial charge >= 0.3 is 5.97 Å². The van der Waals surface area contributed by atoms with Gasteiger partial charge in [-0.2, -0.15) is 0 Å². The minimum absolute atomic E-state index is 0.0112. The Bertz CT molecular complexity index is 926. The highest BCUT2D eigenvalue weighted by molar-refractivity contribution is 7.16. The van der Waals surface area contributed by atoms with Gasteiger partial charge in [-0.3, -0.25) is 14.5 Å². The lowest BCUT2D eigenvalue weighted by atomic mass is 10.1. The summed E-state index contributed by atoms with van der Waals surface area (Å²) in [6.45, 7) is 6.03. The van der Waals surface area contributed by atoms with Gasteiger partial charge in [-0.15, -0.1) is 11.3 Å². The average Bonchev–Trinajstić information content (AvgIpc) is 3.12. The Morgan fingerprint density at radius 2 is 1.77 bits per heavy atom. The molecule has 0 saturated carbocycles. The molecule has 0 radical (unpaired) electrons. The summed E-state index contributed by atoms with van der Waals surface area (Å²) in [5.74, 6) is -0.188. The number of nitrogens with zero attached hydrogens (tertiary/aromatic N) is 1. The summed E-state index contributed by atoms with van der Waals surface area (Å²) in [5, 5.41) is 6.02. The van der Waals surface area contributed by atoms with Crippen LogP contribution in [0.4, 0.5) is 10.7 Å². The van der Waals surface area contributed by atoms with E-state index in [1.807, 2.05) is 13.8 Å². The number of likely N-dealkylation sites (N-methyl/N-ethyl adjacent to an activating group) is 1. The van der Waals surface area contributed by atoms with E-state index in [1.165, 1.54) is 11.3 Å². The lowest BCUT2D eigenvalue weighted by Crippen LogP contribution is -2.36. The van der Waals surface area contributed by atoms with E-state index < -0.39 is 5.97 Å². The molecular formula is C22H29N3O5S. The first-order valence-corrected chi connectivity index (χ1v) is 10.8. The maximum absolute atomic E-state index is 12.5. The molecule has 8 nitrogen and oxygen atoms in total. The number of methoxy groups -OCH3 is 1. The van der Waals surface area contributed by atoms with Crippen LogP contribution in [0.2, 0.25) is 0 Å². The number of amides is 2. The number of rotatable bonds is 10. The lowest BCUT2D eigenvalue weighted by Gasteiger charge is -2.16. The Labute approximate surface area is 186 Å². The van der Waals surface area contributed by atoms with Crippen molar-refractivity contribution in [1.82, 2.24) is 4.90 Å². The Morgan fingerprint density at radius 1 is 1.10 bits per heavy atom. The summed E-state index contributed by atoms with van der Waals surface area (Å²) in [5.41, 5.74) is 0.961. The molecule has 0 saturated heterocycles. The van der Waals surface area contributed by atoms with Crippen molar-refractivity contribution < 1.29 is 23.9 Å². The van der Waals surface area contributed by atoms with Gasteiger partial charge < -0.3 is 20.1 Å². The maximum atomic E-state index is 12.5. The van der Waals surface area contributed by atoms with E-state index in [0.717, 1.165) is 4.88 Å². The average molecular weight is 448 g/mol. The molecule has 0 unspecified atom stereocenters. The van der Waals surface area contributed by atoms with Crippen LogP contribution in [0.5, 0.6) is 5.75 Å². The third-order valence-corrected chi connectivity index (χ3v) is 5.60. The molecule has 1 aromatic carbocycles. The first-order chi connectivity index (χ1) is 14.7. The van der Waals surface area contributed by atoms with E-state index >= 15 is 0 Å². The highest BCUT2D eigenvalue weighted by Gasteiger charge is 2.21. The van der Waals surface area contributed by atoms with Crippen molar-refractivity contribution in [2.75, 3.05) is 44.5 Å². The van der Waals surface area contributed by atoms with Crippen molar-refractivity contribution in [2.24, 2.45) is 0 Å². The quantitative estimate of drug-likeness (QED) is 0.541. The standard InChI is InChI=1S/C22H29N3O5S/c1-6-30-22(28)17-11-18(14(2)3)31-21(17)24-20(27)13-25(4)12-19(26)23-15-8-7-9-16(10-15)29-5/h7-11,14H,6,12-13H2,1-5H3,(H,23,26)(H,24,27). The Kier molecular flexibility index (Phi) is 9.02. The Morgan fingerprint density at radius 3 is 2.39 bits per heavy atom. The number of carbonyl (C=O) groups is 3. The second-order valence-corrected chi connectivity index (χ2v) is 8.35. The van der Waals surface area contributed by atoms with Gasteiger partial charge in [-0.25, -0.2) is 4.79 Å². The van der Waals surface area contributed by atoms with Gasteiger partial charge in [-0.05, 0) is 38.1 Å². The fourth-order valence-electron chi connectivity index (χ4n) is 2.76. The SMILES string of the molecule is CCOC(=O)c1cc(C(C)C)sc1NC(=O)CN(C)CC(=O)Nc1cccc(OC)c1. The molecule has 1 aromatic heterocycles. The largest absolute Gasteiger partial charge is 0.497 e.